The Kier molecular flexibility index (Phi) is 3.91. The van der Waals surface area contributed by atoms with Gasteiger partial charge in [0.05, 0.1) is 16.7 Å². The van der Waals surface area contributed by atoms with Gasteiger partial charge >= 0.3 is 0 Å². The molecular formula is C41H23NO. The molecule has 0 amide bonds. The second-order valence-corrected chi connectivity index (χ2v) is 12.0. The van der Waals surface area contributed by atoms with Crippen molar-refractivity contribution in [2.24, 2.45) is 0 Å². The third kappa shape index (κ3) is 2.61. The number of benzene rings is 7. The summed E-state index contributed by atoms with van der Waals surface area (Å²) in [5.74, 6) is 0. The van der Waals surface area contributed by atoms with E-state index in [0.717, 1.165) is 17.6 Å². The Morgan fingerprint density at radius 1 is 0.442 bits per heavy atom. The van der Waals surface area contributed by atoms with E-state index in [0.29, 0.717) is 0 Å². The molecule has 0 unspecified atom stereocenters. The molecule has 2 aliphatic carbocycles. The average molecular weight is 546 g/mol. The Bertz CT molecular complexity index is 2670. The highest BCUT2D eigenvalue weighted by Crippen LogP contribution is 2.51. The first-order valence-electron chi connectivity index (χ1n) is 15.0. The lowest BCUT2D eigenvalue weighted by molar-refractivity contribution is 0.669. The van der Waals surface area contributed by atoms with Gasteiger partial charge in [-0.3, -0.25) is 0 Å². The number of para-hydroxylation sites is 2. The van der Waals surface area contributed by atoms with Crippen molar-refractivity contribution in [3.63, 3.8) is 0 Å². The quantitative estimate of drug-likeness (QED) is 0.201. The molecule has 0 fully saturated rings. The number of rotatable bonds is 1. The van der Waals surface area contributed by atoms with Crippen LogP contribution in [0.5, 0.6) is 0 Å². The van der Waals surface area contributed by atoms with Crippen LogP contribution >= 0.6 is 0 Å². The standard InChI is InChI=1S/C41H23NO/c1-2-9-25-24(8-1)26-12-7-13-29-34(20-17-27(25)39(26)29)42-33-14-5-3-10-30(33)41-35(42)19-16-23-22-32-28(38(23)41)18-21-37-40(32)31-11-4-6-15-36(31)43-37/h1-21H,22H2. The fourth-order valence-corrected chi connectivity index (χ4v) is 8.30. The van der Waals surface area contributed by atoms with Crippen molar-refractivity contribution < 1.29 is 4.42 Å². The first-order chi connectivity index (χ1) is 21.3. The van der Waals surface area contributed by atoms with Gasteiger partial charge in [-0.25, -0.2) is 0 Å². The number of fused-ring (bicyclic) bond motifs is 14. The maximum Gasteiger partial charge on any atom is 0.135 e. The van der Waals surface area contributed by atoms with Gasteiger partial charge in [-0.15, -0.1) is 0 Å². The maximum absolute atomic E-state index is 6.28. The molecule has 2 heteroatoms. The second kappa shape index (κ2) is 7.61. The van der Waals surface area contributed by atoms with E-state index in [1.54, 1.807) is 0 Å². The van der Waals surface area contributed by atoms with Gasteiger partial charge in [-0.1, -0.05) is 97.1 Å². The molecule has 0 saturated heterocycles. The van der Waals surface area contributed by atoms with E-state index in [-0.39, 0.29) is 0 Å². The predicted molar refractivity (Wildman–Crippen MR) is 178 cm³/mol. The smallest absolute Gasteiger partial charge is 0.135 e. The summed E-state index contributed by atoms with van der Waals surface area (Å²) in [6.07, 6.45) is 0.917. The van der Waals surface area contributed by atoms with Gasteiger partial charge in [-0.05, 0) is 86.6 Å². The van der Waals surface area contributed by atoms with E-state index in [1.165, 1.54) is 93.5 Å². The summed E-state index contributed by atoms with van der Waals surface area (Å²) >= 11 is 0. The van der Waals surface area contributed by atoms with Crippen molar-refractivity contribution in [2.75, 3.05) is 0 Å². The van der Waals surface area contributed by atoms with Gasteiger partial charge in [0.15, 0.2) is 0 Å². The maximum atomic E-state index is 6.28. The Morgan fingerprint density at radius 2 is 1.16 bits per heavy atom. The molecule has 43 heavy (non-hydrogen) atoms. The number of aromatic nitrogens is 1. The third-order valence-corrected chi connectivity index (χ3v) is 9.98. The van der Waals surface area contributed by atoms with Gasteiger partial charge in [0, 0.05) is 26.9 Å². The van der Waals surface area contributed by atoms with Crippen molar-refractivity contribution in [3.8, 4) is 39.1 Å². The summed E-state index contributed by atoms with van der Waals surface area (Å²) in [6.45, 7) is 0. The Balaban J connectivity index is 1.25. The lowest BCUT2D eigenvalue weighted by Crippen LogP contribution is -1.96. The molecular weight excluding hydrogens is 522 g/mol. The van der Waals surface area contributed by atoms with Crippen LogP contribution in [0.1, 0.15) is 11.1 Å². The van der Waals surface area contributed by atoms with Crippen molar-refractivity contribution in [2.45, 2.75) is 6.42 Å². The van der Waals surface area contributed by atoms with Crippen LogP contribution in [-0.4, -0.2) is 4.57 Å². The molecule has 2 aliphatic rings. The fourth-order valence-electron chi connectivity index (χ4n) is 8.30. The number of hydrogen-bond donors (Lipinski definition) is 0. The minimum absolute atomic E-state index is 0.917. The fraction of sp³-hybridized carbons (Fsp3) is 0.0244. The molecule has 198 valence electrons. The Hall–Kier alpha value is -5.60. The average Bonchev–Trinajstić information content (AvgIpc) is 3.80. The minimum atomic E-state index is 0.917. The highest BCUT2D eigenvalue weighted by Gasteiger charge is 2.29. The van der Waals surface area contributed by atoms with E-state index in [1.807, 2.05) is 0 Å². The van der Waals surface area contributed by atoms with E-state index < -0.39 is 0 Å². The van der Waals surface area contributed by atoms with Crippen molar-refractivity contribution in [3.05, 3.63) is 139 Å². The SMILES string of the molecule is c1ccc2c(c1)-c1cccc3c(-n4c5ccccc5c5c6c(ccc54)Cc4c-6ccc5oc6ccccc6c45)ccc-2c13. The van der Waals surface area contributed by atoms with Gasteiger partial charge in [0.25, 0.3) is 0 Å². The summed E-state index contributed by atoms with van der Waals surface area (Å²) in [4.78, 5) is 0. The molecule has 0 radical (unpaired) electrons. The molecule has 2 aromatic heterocycles. The normalized spacial score (nSPS) is 13.0. The number of furan rings is 1. The van der Waals surface area contributed by atoms with Gasteiger partial charge in [0.2, 0.25) is 0 Å². The zero-order valence-corrected chi connectivity index (χ0v) is 23.2. The molecule has 0 aliphatic heterocycles. The molecule has 2 nitrogen and oxygen atoms in total. The van der Waals surface area contributed by atoms with Gasteiger partial charge in [0.1, 0.15) is 11.2 Å². The summed E-state index contributed by atoms with van der Waals surface area (Å²) in [5.41, 5.74) is 16.4. The molecule has 0 spiro atoms. The summed E-state index contributed by atoms with van der Waals surface area (Å²) in [7, 11) is 0. The van der Waals surface area contributed by atoms with Crippen LogP contribution in [-0.2, 0) is 6.42 Å². The van der Waals surface area contributed by atoms with E-state index in [4.69, 9.17) is 4.42 Å². The van der Waals surface area contributed by atoms with Crippen LogP contribution in [0, 0.1) is 0 Å². The molecule has 0 bridgehead atoms. The lowest BCUT2D eigenvalue weighted by atomic mass is 9.98. The predicted octanol–water partition coefficient (Wildman–Crippen LogP) is 11.1. The minimum Gasteiger partial charge on any atom is -0.456 e. The Labute approximate surface area is 247 Å². The van der Waals surface area contributed by atoms with E-state index >= 15 is 0 Å². The first kappa shape index (κ1) is 22.1. The van der Waals surface area contributed by atoms with Crippen molar-refractivity contribution in [1.82, 2.24) is 4.57 Å². The zero-order chi connectivity index (χ0) is 27.8. The largest absolute Gasteiger partial charge is 0.456 e. The molecule has 0 saturated carbocycles. The monoisotopic (exact) mass is 545 g/mol. The summed E-state index contributed by atoms with van der Waals surface area (Å²) < 4.78 is 8.78. The molecule has 9 aromatic rings. The highest BCUT2D eigenvalue weighted by atomic mass is 16.3. The van der Waals surface area contributed by atoms with Gasteiger partial charge < -0.3 is 8.98 Å². The molecule has 2 heterocycles. The van der Waals surface area contributed by atoms with Crippen molar-refractivity contribution in [1.29, 1.82) is 0 Å². The molecule has 0 atom stereocenters. The lowest BCUT2D eigenvalue weighted by Gasteiger charge is -2.13. The molecule has 0 N–H and O–H groups in total. The van der Waals surface area contributed by atoms with Crippen LogP contribution in [0.2, 0.25) is 0 Å². The van der Waals surface area contributed by atoms with Crippen molar-refractivity contribution >= 4 is 54.5 Å². The van der Waals surface area contributed by atoms with Crippen LogP contribution in [0.25, 0.3) is 93.6 Å². The van der Waals surface area contributed by atoms with Gasteiger partial charge in [-0.2, -0.15) is 0 Å². The molecule has 11 rings (SSSR count). The van der Waals surface area contributed by atoms with Crippen LogP contribution in [0.3, 0.4) is 0 Å². The summed E-state index contributed by atoms with van der Waals surface area (Å²) in [5, 5.41) is 7.74. The molecule has 7 aromatic carbocycles. The highest BCUT2D eigenvalue weighted by molar-refractivity contribution is 6.22. The number of nitrogens with zero attached hydrogens (tertiary/aromatic N) is 1. The number of hydrogen-bond acceptors (Lipinski definition) is 1. The van der Waals surface area contributed by atoms with Crippen LogP contribution in [0.4, 0.5) is 0 Å². The first-order valence-corrected chi connectivity index (χ1v) is 15.0. The third-order valence-electron chi connectivity index (χ3n) is 9.98. The second-order valence-electron chi connectivity index (χ2n) is 12.0. The van der Waals surface area contributed by atoms with Crippen LogP contribution < -0.4 is 0 Å². The summed E-state index contributed by atoms with van der Waals surface area (Å²) in [6, 6.07) is 46.8. The zero-order valence-electron chi connectivity index (χ0n) is 23.2. The Morgan fingerprint density at radius 3 is 2.07 bits per heavy atom. The topological polar surface area (TPSA) is 18.1 Å². The van der Waals surface area contributed by atoms with E-state index in [2.05, 4.69) is 132 Å². The van der Waals surface area contributed by atoms with Crippen LogP contribution in [0.15, 0.2) is 132 Å². The van der Waals surface area contributed by atoms with E-state index in [9.17, 15) is 0 Å².